The zero-order valence-electron chi connectivity index (χ0n) is 14.3. The summed E-state index contributed by atoms with van der Waals surface area (Å²) in [6.45, 7) is 2.78. The number of aromatic amines is 1. The monoisotopic (exact) mass is 363 g/mol. The molecule has 1 aliphatic rings. The Kier molecular flexibility index (Phi) is 5.60. The molecule has 0 aliphatic carbocycles. The Balaban J connectivity index is 1.76. The number of ketones is 1. The van der Waals surface area contributed by atoms with Gasteiger partial charge in [-0.2, -0.15) is 0 Å². The number of ether oxygens (including phenoxy) is 2. The van der Waals surface area contributed by atoms with E-state index in [0.717, 1.165) is 25.0 Å². The highest BCUT2D eigenvalue weighted by atomic mass is 32.2. The van der Waals surface area contributed by atoms with Crippen molar-refractivity contribution in [2.75, 3.05) is 13.7 Å². The smallest absolute Gasteiger partial charge is 0.344 e. The van der Waals surface area contributed by atoms with E-state index in [4.69, 9.17) is 9.47 Å². The number of hydrogen-bond donors (Lipinski definition) is 1. The second kappa shape index (κ2) is 7.88. The Bertz CT molecular complexity index is 808. The predicted molar refractivity (Wildman–Crippen MR) is 94.4 cm³/mol. The minimum Gasteiger partial charge on any atom is -0.496 e. The third-order valence-corrected chi connectivity index (χ3v) is 5.20. The van der Waals surface area contributed by atoms with Gasteiger partial charge in [0.05, 0.1) is 19.8 Å². The van der Waals surface area contributed by atoms with Crippen LogP contribution >= 0.6 is 11.8 Å². The van der Waals surface area contributed by atoms with Crippen molar-refractivity contribution < 1.29 is 14.3 Å². The minimum atomic E-state index is -0.234. The van der Waals surface area contributed by atoms with Crippen LogP contribution in [-0.4, -0.2) is 40.4 Å². The molecule has 1 saturated heterocycles. The van der Waals surface area contributed by atoms with Crippen molar-refractivity contribution >= 4 is 17.5 Å². The molecule has 1 aromatic heterocycles. The predicted octanol–water partition coefficient (Wildman–Crippen LogP) is 2.25. The summed E-state index contributed by atoms with van der Waals surface area (Å²) in [7, 11) is 1.60. The fraction of sp³-hybridized carbons (Fsp3) is 0.471. The molecule has 1 aromatic carbocycles. The molecule has 1 unspecified atom stereocenters. The summed E-state index contributed by atoms with van der Waals surface area (Å²) in [4.78, 5) is 23.6. The Morgan fingerprint density at radius 2 is 2.36 bits per heavy atom. The third-order valence-electron chi connectivity index (χ3n) is 4.18. The molecule has 0 bridgehead atoms. The molecule has 2 heterocycles. The normalized spacial score (nSPS) is 17.0. The van der Waals surface area contributed by atoms with Gasteiger partial charge in [-0.15, -0.1) is 5.10 Å². The number of thioether (sulfide) groups is 1. The average molecular weight is 363 g/mol. The van der Waals surface area contributed by atoms with Crippen molar-refractivity contribution in [3.8, 4) is 5.75 Å². The fourth-order valence-electron chi connectivity index (χ4n) is 2.82. The summed E-state index contributed by atoms with van der Waals surface area (Å²) in [5, 5.41) is 7.22. The second-order valence-electron chi connectivity index (χ2n) is 5.93. The van der Waals surface area contributed by atoms with Crippen LogP contribution in [0.5, 0.6) is 5.75 Å². The van der Waals surface area contributed by atoms with Crippen LogP contribution in [0, 0.1) is 0 Å². The number of rotatable bonds is 7. The maximum atomic E-state index is 12.0. The highest BCUT2D eigenvalue weighted by molar-refractivity contribution is 7.98. The van der Waals surface area contributed by atoms with Crippen molar-refractivity contribution in [1.29, 1.82) is 0 Å². The molecule has 8 heteroatoms. The van der Waals surface area contributed by atoms with Crippen LogP contribution in [0.1, 0.15) is 35.7 Å². The van der Waals surface area contributed by atoms with Gasteiger partial charge < -0.3 is 9.47 Å². The maximum absolute atomic E-state index is 12.0. The Morgan fingerprint density at radius 1 is 1.52 bits per heavy atom. The lowest BCUT2D eigenvalue weighted by molar-refractivity contribution is 0.0941. The number of nitrogens with zero attached hydrogens (tertiary/aromatic N) is 2. The largest absolute Gasteiger partial charge is 0.496 e. The van der Waals surface area contributed by atoms with Crippen molar-refractivity contribution in [3.05, 3.63) is 39.8 Å². The summed E-state index contributed by atoms with van der Waals surface area (Å²) in [6.07, 6.45) is 2.04. The molecule has 3 rings (SSSR count). The molecular weight excluding hydrogens is 342 g/mol. The summed E-state index contributed by atoms with van der Waals surface area (Å²) < 4.78 is 12.6. The quantitative estimate of drug-likeness (QED) is 0.600. The number of H-pyrrole nitrogens is 1. The highest BCUT2D eigenvalue weighted by Crippen LogP contribution is 2.28. The number of nitrogens with one attached hydrogen (secondary N) is 1. The summed E-state index contributed by atoms with van der Waals surface area (Å²) in [5.74, 6) is 1.25. The molecule has 1 N–H and O–H groups in total. The van der Waals surface area contributed by atoms with Crippen molar-refractivity contribution in [2.24, 2.45) is 0 Å². The van der Waals surface area contributed by atoms with Gasteiger partial charge in [-0.1, -0.05) is 11.8 Å². The molecule has 25 heavy (non-hydrogen) atoms. The number of Topliss-reactive ketones (excluding diaryl/α,β-unsaturated/α-hetero) is 1. The van der Waals surface area contributed by atoms with Gasteiger partial charge in [-0.3, -0.25) is 9.36 Å². The van der Waals surface area contributed by atoms with Crippen molar-refractivity contribution in [3.63, 3.8) is 0 Å². The standard InChI is InChI=1S/C17H21N3O4S/c1-11(21)12-5-6-15(23-2)13(8-12)10-25-17-19-18-16(22)20(17)9-14-4-3-7-24-14/h5-6,8,14H,3-4,7,9-10H2,1-2H3,(H,18,22). The maximum Gasteiger partial charge on any atom is 0.344 e. The molecule has 1 fully saturated rings. The molecule has 0 spiro atoms. The molecule has 0 amide bonds. The Labute approximate surface area is 149 Å². The Morgan fingerprint density at radius 3 is 3.04 bits per heavy atom. The van der Waals surface area contributed by atoms with E-state index in [-0.39, 0.29) is 17.6 Å². The lowest BCUT2D eigenvalue weighted by Crippen LogP contribution is -2.24. The van der Waals surface area contributed by atoms with Crippen LogP contribution in [0.2, 0.25) is 0 Å². The fourth-order valence-corrected chi connectivity index (χ4v) is 3.75. The first kappa shape index (κ1) is 17.8. The lowest BCUT2D eigenvalue weighted by Gasteiger charge is -2.12. The molecule has 7 nitrogen and oxygen atoms in total. The zero-order valence-corrected chi connectivity index (χ0v) is 15.1. The van der Waals surface area contributed by atoms with Gasteiger partial charge in [-0.25, -0.2) is 9.89 Å². The number of benzene rings is 1. The first-order valence-corrected chi connectivity index (χ1v) is 9.14. The Hall–Kier alpha value is -2.06. The van der Waals surface area contributed by atoms with E-state index in [2.05, 4.69) is 10.2 Å². The molecule has 134 valence electrons. The van der Waals surface area contributed by atoms with Crippen LogP contribution in [0.25, 0.3) is 0 Å². The van der Waals surface area contributed by atoms with E-state index in [0.29, 0.717) is 28.8 Å². The topological polar surface area (TPSA) is 86.2 Å². The SMILES string of the molecule is COc1ccc(C(C)=O)cc1CSc1n[nH]c(=O)n1CC1CCCO1. The van der Waals surface area contributed by atoms with Crippen LogP contribution in [0.15, 0.2) is 28.2 Å². The van der Waals surface area contributed by atoms with Crippen LogP contribution in [0.3, 0.4) is 0 Å². The molecule has 1 aliphatic heterocycles. The van der Waals surface area contributed by atoms with Gasteiger partial charge in [0.25, 0.3) is 0 Å². The van der Waals surface area contributed by atoms with Gasteiger partial charge >= 0.3 is 5.69 Å². The van der Waals surface area contributed by atoms with Crippen LogP contribution in [-0.2, 0) is 17.0 Å². The van der Waals surface area contributed by atoms with Crippen LogP contribution < -0.4 is 10.4 Å². The van der Waals surface area contributed by atoms with E-state index >= 15 is 0 Å². The molecule has 2 aromatic rings. The van der Waals surface area contributed by atoms with E-state index in [1.165, 1.54) is 18.7 Å². The van der Waals surface area contributed by atoms with Gasteiger partial charge in [0.1, 0.15) is 5.75 Å². The van der Waals surface area contributed by atoms with Crippen molar-refractivity contribution in [2.45, 2.75) is 43.3 Å². The van der Waals surface area contributed by atoms with E-state index < -0.39 is 0 Å². The van der Waals surface area contributed by atoms with Gasteiger partial charge in [0, 0.05) is 23.5 Å². The van der Waals surface area contributed by atoms with E-state index in [1.807, 2.05) is 6.07 Å². The number of aromatic nitrogens is 3. The summed E-state index contributed by atoms with van der Waals surface area (Å²) in [6, 6.07) is 5.36. The van der Waals surface area contributed by atoms with E-state index in [1.54, 1.807) is 23.8 Å². The number of methoxy groups -OCH3 is 1. The van der Waals surface area contributed by atoms with E-state index in [9.17, 15) is 9.59 Å². The first-order chi connectivity index (χ1) is 12.1. The third kappa shape index (κ3) is 4.13. The molecule has 0 saturated carbocycles. The van der Waals surface area contributed by atoms with Gasteiger partial charge in [-0.05, 0) is 38.0 Å². The molecule has 1 atom stereocenters. The van der Waals surface area contributed by atoms with Gasteiger partial charge in [0.2, 0.25) is 0 Å². The van der Waals surface area contributed by atoms with Crippen LogP contribution in [0.4, 0.5) is 0 Å². The lowest BCUT2D eigenvalue weighted by atomic mass is 10.1. The summed E-state index contributed by atoms with van der Waals surface area (Å²) in [5.41, 5.74) is 1.29. The average Bonchev–Trinajstić information content (AvgIpc) is 3.24. The number of carbonyl (C=O) groups excluding carboxylic acids is 1. The van der Waals surface area contributed by atoms with Gasteiger partial charge in [0.15, 0.2) is 10.9 Å². The number of hydrogen-bond acceptors (Lipinski definition) is 6. The minimum absolute atomic E-state index is 0.00367. The highest BCUT2D eigenvalue weighted by Gasteiger charge is 2.20. The molecular formula is C17H21N3O4S. The summed E-state index contributed by atoms with van der Waals surface area (Å²) >= 11 is 1.43. The second-order valence-corrected chi connectivity index (χ2v) is 6.87. The molecule has 0 radical (unpaired) electrons. The zero-order chi connectivity index (χ0) is 17.8. The van der Waals surface area contributed by atoms with Crippen molar-refractivity contribution in [1.82, 2.24) is 14.8 Å². The first-order valence-electron chi connectivity index (χ1n) is 8.16. The number of carbonyl (C=O) groups is 1.